The molecule has 1 aliphatic heterocycles. The molecule has 140 valence electrons. The third kappa shape index (κ3) is 3.47. The van der Waals surface area contributed by atoms with E-state index in [1.807, 2.05) is 31.9 Å². The molecule has 1 fully saturated rings. The van der Waals surface area contributed by atoms with Crippen molar-refractivity contribution in [3.05, 3.63) is 47.5 Å². The van der Waals surface area contributed by atoms with Gasteiger partial charge in [0.25, 0.3) is 5.91 Å². The lowest BCUT2D eigenvalue weighted by atomic mass is 10.0. The molecule has 1 atom stereocenters. The van der Waals surface area contributed by atoms with Gasteiger partial charge < -0.3 is 9.42 Å². The second-order valence-electron chi connectivity index (χ2n) is 7.11. The minimum atomic E-state index is 0.0460. The standard InChI is InChI=1S/C19H22N6O2/c1-12-18(13(2)27-23-12)17-7-16(20-11-21-17)6-14-4-5-25(9-14)19(26)15-8-22-24(3)10-15/h7-8,10-11,14H,4-6,9H2,1-3H3. The lowest BCUT2D eigenvalue weighted by Crippen LogP contribution is -2.28. The van der Waals surface area contributed by atoms with Crippen LogP contribution in [0.2, 0.25) is 0 Å². The first-order valence-corrected chi connectivity index (χ1v) is 9.03. The minimum Gasteiger partial charge on any atom is -0.361 e. The highest BCUT2D eigenvalue weighted by Crippen LogP contribution is 2.27. The van der Waals surface area contributed by atoms with E-state index in [9.17, 15) is 4.79 Å². The Labute approximate surface area is 157 Å². The maximum Gasteiger partial charge on any atom is 0.257 e. The summed E-state index contributed by atoms with van der Waals surface area (Å²) < 4.78 is 6.90. The summed E-state index contributed by atoms with van der Waals surface area (Å²) >= 11 is 0. The van der Waals surface area contributed by atoms with Crippen LogP contribution >= 0.6 is 0 Å². The maximum absolute atomic E-state index is 12.6. The molecule has 0 radical (unpaired) electrons. The van der Waals surface area contributed by atoms with Gasteiger partial charge in [-0.05, 0) is 38.7 Å². The van der Waals surface area contributed by atoms with Crippen LogP contribution in [-0.2, 0) is 13.5 Å². The van der Waals surface area contributed by atoms with Crippen LogP contribution in [0.15, 0.2) is 29.3 Å². The fraction of sp³-hybridized carbons (Fsp3) is 0.421. The number of hydrogen-bond acceptors (Lipinski definition) is 6. The van der Waals surface area contributed by atoms with Gasteiger partial charge in [-0.15, -0.1) is 0 Å². The fourth-order valence-corrected chi connectivity index (χ4v) is 3.69. The van der Waals surface area contributed by atoms with E-state index in [1.165, 1.54) is 0 Å². The van der Waals surface area contributed by atoms with Gasteiger partial charge in [0.15, 0.2) is 0 Å². The Hall–Kier alpha value is -3.03. The second kappa shape index (κ2) is 6.94. The zero-order valence-electron chi connectivity index (χ0n) is 15.7. The predicted octanol–water partition coefficient (Wildman–Crippen LogP) is 2.19. The quantitative estimate of drug-likeness (QED) is 0.703. The molecule has 0 N–H and O–H groups in total. The Bertz CT molecular complexity index is 957. The number of carbonyl (C=O) groups excluding carboxylic acids is 1. The molecule has 27 heavy (non-hydrogen) atoms. The Morgan fingerprint density at radius 1 is 1.33 bits per heavy atom. The summed E-state index contributed by atoms with van der Waals surface area (Å²) in [4.78, 5) is 23.3. The van der Waals surface area contributed by atoms with Crippen LogP contribution in [0.5, 0.6) is 0 Å². The van der Waals surface area contributed by atoms with Crippen molar-refractivity contribution in [2.45, 2.75) is 26.7 Å². The van der Waals surface area contributed by atoms with E-state index in [-0.39, 0.29) is 5.91 Å². The Balaban J connectivity index is 1.45. The van der Waals surface area contributed by atoms with Crippen molar-refractivity contribution >= 4 is 5.91 Å². The number of aromatic nitrogens is 5. The number of aryl methyl sites for hydroxylation is 3. The van der Waals surface area contributed by atoms with Crippen molar-refractivity contribution in [2.75, 3.05) is 13.1 Å². The summed E-state index contributed by atoms with van der Waals surface area (Å²) in [6.07, 6.45) is 6.75. The van der Waals surface area contributed by atoms with Crippen molar-refractivity contribution in [1.29, 1.82) is 0 Å². The highest BCUT2D eigenvalue weighted by molar-refractivity contribution is 5.93. The van der Waals surface area contributed by atoms with E-state index in [4.69, 9.17) is 4.52 Å². The van der Waals surface area contributed by atoms with Gasteiger partial charge in [0.05, 0.1) is 28.7 Å². The number of hydrogen-bond donors (Lipinski definition) is 0. The van der Waals surface area contributed by atoms with Gasteiger partial charge in [-0.2, -0.15) is 5.10 Å². The van der Waals surface area contributed by atoms with Gasteiger partial charge >= 0.3 is 0 Å². The third-order valence-electron chi connectivity index (χ3n) is 5.04. The topological polar surface area (TPSA) is 89.9 Å². The Kier molecular flexibility index (Phi) is 4.47. The molecule has 0 spiro atoms. The largest absolute Gasteiger partial charge is 0.361 e. The van der Waals surface area contributed by atoms with E-state index in [0.717, 1.165) is 54.3 Å². The SMILES string of the molecule is Cc1noc(C)c1-c1cc(CC2CCN(C(=O)c3cnn(C)c3)C2)ncn1. The van der Waals surface area contributed by atoms with Crippen molar-refractivity contribution < 1.29 is 9.32 Å². The summed E-state index contributed by atoms with van der Waals surface area (Å²) in [7, 11) is 1.81. The molecule has 3 aromatic rings. The lowest BCUT2D eigenvalue weighted by Gasteiger charge is -2.15. The Morgan fingerprint density at radius 3 is 2.89 bits per heavy atom. The number of carbonyl (C=O) groups is 1. The van der Waals surface area contributed by atoms with Crippen LogP contribution in [0.4, 0.5) is 0 Å². The average molecular weight is 366 g/mol. The normalized spacial score (nSPS) is 16.9. The molecule has 1 aliphatic rings. The summed E-state index contributed by atoms with van der Waals surface area (Å²) in [5.74, 6) is 1.19. The van der Waals surface area contributed by atoms with Gasteiger partial charge in [-0.3, -0.25) is 9.48 Å². The van der Waals surface area contributed by atoms with Crippen LogP contribution < -0.4 is 0 Å². The van der Waals surface area contributed by atoms with Crippen LogP contribution in [0.3, 0.4) is 0 Å². The smallest absolute Gasteiger partial charge is 0.257 e. The summed E-state index contributed by atoms with van der Waals surface area (Å²) in [5, 5.41) is 8.08. The van der Waals surface area contributed by atoms with Crippen molar-refractivity contribution in [2.24, 2.45) is 13.0 Å². The highest BCUT2D eigenvalue weighted by Gasteiger charge is 2.28. The van der Waals surface area contributed by atoms with Crippen LogP contribution in [0, 0.1) is 19.8 Å². The lowest BCUT2D eigenvalue weighted by molar-refractivity contribution is 0.0787. The average Bonchev–Trinajstić information content (AvgIpc) is 3.36. The first kappa shape index (κ1) is 17.4. The van der Waals surface area contributed by atoms with Crippen molar-refractivity contribution in [1.82, 2.24) is 29.8 Å². The number of likely N-dealkylation sites (tertiary alicyclic amines) is 1. The molecule has 1 saturated heterocycles. The van der Waals surface area contributed by atoms with Crippen LogP contribution in [0.1, 0.15) is 33.9 Å². The molecule has 4 rings (SSSR count). The molecule has 4 heterocycles. The predicted molar refractivity (Wildman–Crippen MR) is 97.9 cm³/mol. The molecular weight excluding hydrogens is 344 g/mol. The summed E-state index contributed by atoms with van der Waals surface area (Å²) in [6.45, 7) is 5.29. The van der Waals surface area contributed by atoms with Gasteiger partial charge in [-0.1, -0.05) is 5.16 Å². The minimum absolute atomic E-state index is 0.0460. The van der Waals surface area contributed by atoms with E-state index < -0.39 is 0 Å². The van der Waals surface area contributed by atoms with E-state index in [1.54, 1.807) is 23.4 Å². The van der Waals surface area contributed by atoms with Gasteiger partial charge in [0, 0.05) is 32.0 Å². The number of rotatable bonds is 4. The molecule has 8 nitrogen and oxygen atoms in total. The van der Waals surface area contributed by atoms with Gasteiger partial charge in [0.1, 0.15) is 12.1 Å². The molecule has 0 aromatic carbocycles. The second-order valence-corrected chi connectivity index (χ2v) is 7.11. The van der Waals surface area contributed by atoms with E-state index in [2.05, 4.69) is 20.2 Å². The molecule has 8 heteroatoms. The van der Waals surface area contributed by atoms with E-state index >= 15 is 0 Å². The zero-order valence-corrected chi connectivity index (χ0v) is 15.7. The van der Waals surface area contributed by atoms with E-state index in [0.29, 0.717) is 11.5 Å². The zero-order chi connectivity index (χ0) is 19.0. The highest BCUT2D eigenvalue weighted by atomic mass is 16.5. The monoisotopic (exact) mass is 366 g/mol. The summed E-state index contributed by atoms with van der Waals surface area (Å²) in [6, 6.07) is 2.00. The molecule has 3 aromatic heterocycles. The molecule has 0 bridgehead atoms. The molecule has 0 aliphatic carbocycles. The third-order valence-corrected chi connectivity index (χ3v) is 5.04. The van der Waals surface area contributed by atoms with Crippen molar-refractivity contribution in [3.8, 4) is 11.3 Å². The number of amides is 1. The van der Waals surface area contributed by atoms with Crippen LogP contribution in [0.25, 0.3) is 11.3 Å². The maximum atomic E-state index is 12.6. The van der Waals surface area contributed by atoms with Gasteiger partial charge in [-0.25, -0.2) is 9.97 Å². The molecule has 0 saturated carbocycles. The first-order chi connectivity index (χ1) is 13.0. The van der Waals surface area contributed by atoms with Crippen molar-refractivity contribution in [3.63, 3.8) is 0 Å². The molecule has 1 unspecified atom stereocenters. The Morgan fingerprint density at radius 2 is 2.19 bits per heavy atom. The first-order valence-electron chi connectivity index (χ1n) is 9.03. The molecular formula is C19H22N6O2. The fourth-order valence-electron chi connectivity index (χ4n) is 3.69. The van der Waals surface area contributed by atoms with Gasteiger partial charge in [0.2, 0.25) is 0 Å². The number of nitrogens with zero attached hydrogens (tertiary/aromatic N) is 6. The van der Waals surface area contributed by atoms with Crippen LogP contribution in [-0.4, -0.2) is 48.8 Å². The molecule has 1 amide bonds. The summed E-state index contributed by atoms with van der Waals surface area (Å²) in [5.41, 5.74) is 4.20.